The Morgan fingerprint density at radius 2 is 2.14 bits per heavy atom. The van der Waals surface area contributed by atoms with Gasteiger partial charge in [0.05, 0.1) is 5.02 Å². The zero-order valence-corrected chi connectivity index (χ0v) is 12.1. The molecule has 3 rings (SSSR count). The minimum Gasteiger partial charge on any atom is -0.480 e. The number of hydrogen-bond donors (Lipinski definition) is 2. The number of benzene rings is 1. The van der Waals surface area contributed by atoms with Crippen LogP contribution in [0.5, 0.6) is 0 Å². The molecule has 0 saturated carbocycles. The van der Waals surface area contributed by atoms with Crippen LogP contribution in [-0.2, 0) is 11.2 Å². The molecule has 0 spiro atoms. The van der Waals surface area contributed by atoms with Gasteiger partial charge in [-0.05, 0) is 36.6 Å². The Kier molecular flexibility index (Phi) is 3.41. The summed E-state index contributed by atoms with van der Waals surface area (Å²) in [5.74, 6) is -1.75. The Balaban J connectivity index is 2.21. The van der Waals surface area contributed by atoms with Crippen LogP contribution in [0, 0.1) is 5.82 Å². The average molecular weight is 323 g/mol. The summed E-state index contributed by atoms with van der Waals surface area (Å²) in [6.45, 7) is 0. The lowest BCUT2D eigenvalue weighted by atomic mass is 10.0. The van der Waals surface area contributed by atoms with Crippen LogP contribution in [0.3, 0.4) is 0 Å². The van der Waals surface area contributed by atoms with Crippen molar-refractivity contribution in [3.8, 4) is 11.1 Å². The number of aliphatic carboxylic acids is 1. The van der Waals surface area contributed by atoms with E-state index in [1.165, 1.54) is 22.8 Å². The summed E-state index contributed by atoms with van der Waals surface area (Å²) in [4.78, 5) is 23.4. The van der Waals surface area contributed by atoms with Gasteiger partial charge in [0.15, 0.2) is 5.82 Å². The van der Waals surface area contributed by atoms with Crippen molar-refractivity contribution in [3.05, 3.63) is 51.2 Å². The average Bonchev–Trinajstić information content (AvgIpc) is 2.88. The molecule has 0 radical (unpaired) electrons. The summed E-state index contributed by atoms with van der Waals surface area (Å²) >= 11 is 5.77. The van der Waals surface area contributed by atoms with E-state index in [4.69, 9.17) is 22.4 Å². The predicted octanol–water partition coefficient (Wildman–Crippen LogP) is 2.46. The van der Waals surface area contributed by atoms with E-state index in [9.17, 15) is 14.0 Å². The Labute approximate surface area is 129 Å². The molecule has 7 heteroatoms. The Bertz CT molecular complexity index is 847. The highest BCUT2D eigenvalue weighted by Crippen LogP contribution is 2.34. The number of carboxylic acid groups (broad SMARTS) is 1. The van der Waals surface area contributed by atoms with E-state index in [0.29, 0.717) is 24.1 Å². The molecule has 0 saturated heterocycles. The largest absolute Gasteiger partial charge is 0.480 e. The van der Waals surface area contributed by atoms with E-state index in [-0.39, 0.29) is 16.3 Å². The summed E-state index contributed by atoms with van der Waals surface area (Å²) in [5, 5.41) is 9.05. The fraction of sp³-hybridized carbons (Fsp3) is 0.200. The third-order valence-electron chi connectivity index (χ3n) is 3.83. The Hall–Kier alpha value is -2.34. The van der Waals surface area contributed by atoms with Crippen molar-refractivity contribution in [1.82, 2.24) is 4.57 Å². The van der Waals surface area contributed by atoms with E-state index < -0.39 is 23.4 Å². The van der Waals surface area contributed by atoms with Crippen molar-refractivity contribution >= 4 is 23.3 Å². The van der Waals surface area contributed by atoms with Crippen molar-refractivity contribution in [2.75, 3.05) is 5.73 Å². The first-order chi connectivity index (χ1) is 10.4. The SMILES string of the molecule is Nc1ccc(Cl)c(F)c1-c1cc2n(c(=O)c1)[C@H](C(=O)O)CC2. The first kappa shape index (κ1) is 14.6. The van der Waals surface area contributed by atoms with Crippen LogP contribution in [0.25, 0.3) is 11.1 Å². The van der Waals surface area contributed by atoms with Gasteiger partial charge in [0.2, 0.25) is 0 Å². The lowest BCUT2D eigenvalue weighted by molar-refractivity contribution is -0.140. The van der Waals surface area contributed by atoms with E-state index in [0.717, 1.165) is 0 Å². The lowest BCUT2D eigenvalue weighted by Crippen LogP contribution is -2.27. The van der Waals surface area contributed by atoms with Crippen LogP contribution in [0.4, 0.5) is 10.1 Å². The number of nitrogens with zero attached hydrogens (tertiary/aromatic N) is 1. The molecule has 1 aromatic carbocycles. The number of anilines is 1. The molecule has 0 fully saturated rings. The van der Waals surface area contributed by atoms with Gasteiger partial charge in [-0.15, -0.1) is 0 Å². The molecule has 2 heterocycles. The van der Waals surface area contributed by atoms with Gasteiger partial charge in [-0.2, -0.15) is 0 Å². The van der Waals surface area contributed by atoms with Gasteiger partial charge in [-0.1, -0.05) is 11.6 Å². The maximum absolute atomic E-state index is 14.2. The van der Waals surface area contributed by atoms with Crippen LogP contribution in [0.1, 0.15) is 18.2 Å². The van der Waals surface area contributed by atoms with E-state index >= 15 is 0 Å². The smallest absolute Gasteiger partial charge is 0.326 e. The predicted molar refractivity (Wildman–Crippen MR) is 80.5 cm³/mol. The van der Waals surface area contributed by atoms with Crippen LogP contribution < -0.4 is 11.3 Å². The highest BCUT2D eigenvalue weighted by molar-refractivity contribution is 6.31. The van der Waals surface area contributed by atoms with Crippen molar-refractivity contribution < 1.29 is 14.3 Å². The van der Waals surface area contributed by atoms with Gasteiger partial charge in [0.25, 0.3) is 5.56 Å². The fourth-order valence-corrected chi connectivity index (χ4v) is 2.99. The molecule has 5 nitrogen and oxygen atoms in total. The molecule has 1 atom stereocenters. The Morgan fingerprint density at radius 1 is 1.41 bits per heavy atom. The third kappa shape index (κ3) is 2.16. The molecule has 3 N–H and O–H groups in total. The van der Waals surface area contributed by atoms with Crippen molar-refractivity contribution in [2.45, 2.75) is 18.9 Å². The third-order valence-corrected chi connectivity index (χ3v) is 4.13. The fourth-order valence-electron chi connectivity index (χ4n) is 2.83. The van der Waals surface area contributed by atoms with Gasteiger partial charge >= 0.3 is 5.97 Å². The number of rotatable bonds is 2. The monoisotopic (exact) mass is 322 g/mol. The summed E-state index contributed by atoms with van der Waals surface area (Å²) in [7, 11) is 0. The van der Waals surface area contributed by atoms with Gasteiger partial charge in [-0.25, -0.2) is 9.18 Å². The zero-order valence-electron chi connectivity index (χ0n) is 11.3. The Morgan fingerprint density at radius 3 is 2.82 bits per heavy atom. The molecule has 1 aliphatic rings. The number of halogens is 2. The first-order valence-electron chi connectivity index (χ1n) is 6.62. The molecule has 1 aliphatic heterocycles. The van der Waals surface area contributed by atoms with Crippen LogP contribution >= 0.6 is 11.6 Å². The van der Waals surface area contributed by atoms with Crippen LogP contribution in [0.15, 0.2) is 29.1 Å². The second-order valence-corrected chi connectivity index (χ2v) is 5.57. The number of aryl methyl sites for hydroxylation is 1. The molecule has 0 aliphatic carbocycles. The van der Waals surface area contributed by atoms with E-state index in [1.807, 2.05) is 0 Å². The molecule has 1 aromatic heterocycles. The molecule has 0 amide bonds. The lowest BCUT2D eigenvalue weighted by Gasteiger charge is -2.13. The number of fused-ring (bicyclic) bond motifs is 1. The number of carboxylic acids is 1. The van der Waals surface area contributed by atoms with Crippen molar-refractivity contribution in [2.24, 2.45) is 0 Å². The number of hydrogen-bond acceptors (Lipinski definition) is 3. The highest BCUT2D eigenvalue weighted by atomic mass is 35.5. The number of nitrogens with two attached hydrogens (primary N) is 1. The van der Waals surface area contributed by atoms with Gasteiger partial charge < -0.3 is 10.8 Å². The second kappa shape index (κ2) is 5.14. The molecule has 0 bridgehead atoms. The van der Waals surface area contributed by atoms with Gasteiger partial charge in [0.1, 0.15) is 6.04 Å². The minimum atomic E-state index is -1.05. The molecule has 22 heavy (non-hydrogen) atoms. The first-order valence-corrected chi connectivity index (χ1v) is 7.00. The van der Waals surface area contributed by atoms with Crippen LogP contribution in [-0.4, -0.2) is 15.6 Å². The number of carbonyl (C=O) groups is 1. The summed E-state index contributed by atoms with van der Waals surface area (Å²) in [5.41, 5.74) is 6.38. The zero-order chi connectivity index (χ0) is 16.0. The second-order valence-electron chi connectivity index (χ2n) is 5.16. The normalized spacial score (nSPS) is 16.5. The summed E-state index contributed by atoms with van der Waals surface area (Å²) < 4.78 is 15.4. The van der Waals surface area contributed by atoms with Crippen molar-refractivity contribution in [1.29, 1.82) is 0 Å². The maximum atomic E-state index is 14.2. The number of aromatic nitrogens is 1. The van der Waals surface area contributed by atoms with Crippen LogP contribution in [0.2, 0.25) is 5.02 Å². The van der Waals surface area contributed by atoms with E-state index in [2.05, 4.69) is 0 Å². The molecule has 0 unspecified atom stereocenters. The minimum absolute atomic E-state index is 0.0618. The maximum Gasteiger partial charge on any atom is 0.326 e. The van der Waals surface area contributed by atoms with Gasteiger partial charge in [0, 0.05) is 23.0 Å². The molecular weight excluding hydrogens is 311 g/mol. The van der Waals surface area contributed by atoms with Crippen molar-refractivity contribution in [3.63, 3.8) is 0 Å². The topological polar surface area (TPSA) is 85.3 Å². The standard InChI is InChI=1S/C15H12ClFN2O3/c16-9-2-3-10(18)13(14(9)17)7-5-8-1-4-11(15(21)22)19(8)12(20)6-7/h2-3,5-6,11H,1,4,18H2,(H,21,22)/t11-/m0/s1. The summed E-state index contributed by atoms with van der Waals surface area (Å²) in [6.07, 6.45) is 0.768. The summed E-state index contributed by atoms with van der Waals surface area (Å²) in [6, 6.07) is 4.71. The number of nitrogen functional groups attached to an aromatic ring is 1. The molecule has 2 aromatic rings. The highest BCUT2D eigenvalue weighted by Gasteiger charge is 2.29. The molecule has 114 valence electrons. The quantitative estimate of drug-likeness (QED) is 0.832. The van der Waals surface area contributed by atoms with Gasteiger partial charge in [-0.3, -0.25) is 9.36 Å². The number of pyridine rings is 1. The molecular formula is C15H12ClFN2O3. The van der Waals surface area contributed by atoms with E-state index in [1.54, 1.807) is 6.07 Å².